The predicted molar refractivity (Wildman–Crippen MR) is 74.5 cm³/mol. The molecule has 0 radical (unpaired) electrons. The van der Waals surface area contributed by atoms with Crippen molar-refractivity contribution in [1.82, 2.24) is 10.2 Å². The van der Waals surface area contributed by atoms with E-state index in [2.05, 4.69) is 43.1 Å². The molecule has 19 heavy (non-hydrogen) atoms. The standard InChI is InChI=1S/C15H22N2O2/c1-11-7-16-9-15(2,3)17(11)8-12-4-5-13-14(6-12)19-10-18-13/h4-6,11,16H,7-10H2,1-3H3. The van der Waals surface area contributed by atoms with Crippen LogP contribution in [-0.4, -0.2) is 36.4 Å². The zero-order valence-corrected chi connectivity index (χ0v) is 11.9. The Morgan fingerprint density at radius 2 is 2.11 bits per heavy atom. The van der Waals surface area contributed by atoms with Crippen LogP contribution in [0.15, 0.2) is 18.2 Å². The number of piperazine rings is 1. The second kappa shape index (κ2) is 4.69. The summed E-state index contributed by atoms with van der Waals surface area (Å²) in [6.07, 6.45) is 0. The molecule has 2 aliphatic rings. The Kier molecular flexibility index (Phi) is 3.15. The van der Waals surface area contributed by atoms with Gasteiger partial charge >= 0.3 is 0 Å². The van der Waals surface area contributed by atoms with E-state index in [1.165, 1.54) is 5.56 Å². The molecule has 1 unspecified atom stereocenters. The van der Waals surface area contributed by atoms with Crippen molar-refractivity contribution in [3.8, 4) is 11.5 Å². The van der Waals surface area contributed by atoms with E-state index >= 15 is 0 Å². The fraction of sp³-hybridized carbons (Fsp3) is 0.600. The van der Waals surface area contributed by atoms with Crippen LogP contribution in [0.3, 0.4) is 0 Å². The molecule has 0 saturated carbocycles. The maximum atomic E-state index is 5.45. The lowest BCUT2D eigenvalue weighted by Gasteiger charge is -2.47. The number of nitrogens with zero attached hydrogens (tertiary/aromatic N) is 1. The molecule has 2 heterocycles. The van der Waals surface area contributed by atoms with Gasteiger partial charge in [0.25, 0.3) is 0 Å². The molecule has 1 fully saturated rings. The largest absolute Gasteiger partial charge is 0.454 e. The van der Waals surface area contributed by atoms with Crippen LogP contribution in [0.5, 0.6) is 11.5 Å². The number of hydrogen-bond donors (Lipinski definition) is 1. The second-order valence-electron chi connectivity index (χ2n) is 6.11. The van der Waals surface area contributed by atoms with Crippen molar-refractivity contribution in [2.24, 2.45) is 0 Å². The molecule has 0 bridgehead atoms. The van der Waals surface area contributed by atoms with Crippen molar-refractivity contribution in [3.63, 3.8) is 0 Å². The molecule has 1 N–H and O–H groups in total. The first-order valence-electron chi connectivity index (χ1n) is 6.92. The van der Waals surface area contributed by atoms with Gasteiger partial charge in [0.2, 0.25) is 6.79 Å². The van der Waals surface area contributed by atoms with E-state index in [1.807, 2.05) is 6.07 Å². The summed E-state index contributed by atoms with van der Waals surface area (Å²) in [5, 5.41) is 3.50. The van der Waals surface area contributed by atoms with Crippen LogP contribution >= 0.6 is 0 Å². The van der Waals surface area contributed by atoms with Crippen LogP contribution in [0.25, 0.3) is 0 Å². The van der Waals surface area contributed by atoms with Gasteiger partial charge in [-0.15, -0.1) is 0 Å². The molecule has 104 valence electrons. The van der Waals surface area contributed by atoms with Gasteiger partial charge in [0.1, 0.15) is 0 Å². The minimum Gasteiger partial charge on any atom is -0.454 e. The van der Waals surface area contributed by atoms with Gasteiger partial charge in [-0.05, 0) is 38.5 Å². The third-order valence-electron chi connectivity index (χ3n) is 4.10. The zero-order chi connectivity index (χ0) is 13.5. The third-order valence-corrected chi connectivity index (χ3v) is 4.10. The molecule has 4 nitrogen and oxygen atoms in total. The van der Waals surface area contributed by atoms with Crippen LogP contribution in [0.4, 0.5) is 0 Å². The minimum absolute atomic E-state index is 0.175. The van der Waals surface area contributed by atoms with Gasteiger partial charge in [-0.3, -0.25) is 4.90 Å². The summed E-state index contributed by atoms with van der Waals surface area (Å²) in [5.74, 6) is 1.73. The summed E-state index contributed by atoms with van der Waals surface area (Å²) in [4.78, 5) is 2.56. The van der Waals surface area contributed by atoms with E-state index in [0.29, 0.717) is 12.8 Å². The van der Waals surface area contributed by atoms with E-state index in [-0.39, 0.29) is 5.54 Å². The summed E-state index contributed by atoms with van der Waals surface area (Å²) >= 11 is 0. The quantitative estimate of drug-likeness (QED) is 0.884. The van der Waals surface area contributed by atoms with Gasteiger partial charge in [0.15, 0.2) is 11.5 Å². The Bertz CT molecular complexity index is 473. The molecule has 3 rings (SSSR count). The zero-order valence-electron chi connectivity index (χ0n) is 11.9. The highest BCUT2D eigenvalue weighted by Gasteiger charge is 2.34. The minimum atomic E-state index is 0.175. The Hall–Kier alpha value is -1.26. The van der Waals surface area contributed by atoms with Gasteiger partial charge in [-0.2, -0.15) is 0 Å². The second-order valence-corrected chi connectivity index (χ2v) is 6.11. The predicted octanol–water partition coefficient (Wildman–Crippen LogP) is 1.99. The third kappa shape index (κ3) is 2.42. The van der Waals surface area contributed by atoms with Crippen molar-refractivity contribution < 1.29 is 9.47 Å². The van der Waals surface area contributed by atoms with E-state index in [0.717, 1.165) is 31.1 Å². The van der Waals surface area contributed by atoms with Gasteiger partial charge in [0.05, 0.1) is 0 Å². The molecule has 0 aliphatic carbocycles. The van der Waals surface area contributed by atoms with Crippen LogP contribution in [0.1, 0.15) is 26.3 Å². The van der Waals surface area contributed by atoms with Crippen LogP contribution in [0, 0.1) is 0 Å². The molecule has 1 atom stereocenters. The van der Waals surface area contributed by atoms with E-state index < -0.39 is 0 Å². The molecule has 2 aliphatic heterocycles. The number of fused-ring (bicyclic) bond motifs is 1. The van der Waals surface area contributed by atoms with Gasteiger partial charge in [0, 0.05) is 31.2 Å². The first kappa shape index (κ1) is 12.8. The number of nitrogens with one attached hydrogen (secondary N) is 1. The molecule has 0 amide bonds. The van der Waals surface area contributed by atoms with E-state index in [9.17, 15) is 0 Å². The Balaban J connectivity index is 1.80. The molecular formula is C15H22N2O2. The SMILES string of the molecule is CC1CNCC(C)(C)N1Cc1ccc2c(c1)OCO2. The van der Waals surface area contributed by atoms with Crippen molar-refractivity contribution in [2.45, 2.75) is 38.9 Å². The highest BCUT2D eigenvalue weighted by molar-refractivity contribution is 5.44. The maximum absolute atomic E-state index is 5.45. The molecule has 0 aromatic heterocycles. The number of hydrogen-bond acceptors (Lipinski definition) is 4. The first-order valence-corrected chi connectivity index (χ1v) is 6.92. The lowest BCUT2D eigenvalue weighted by molar-refractivity contribution is 0.0374. The molecule has 4 heteroatoms. The fourth-order valence-electron chi connectivity index (χ4n) is 3.00. The van der Waals surface area contributed by atoms with Crippen molar-refractivity contribution in [3.05, 3.63) is 23.8 Å². The summed E-state index contributed by atoms with van der Waals surface area (Å²) in [6.45, 7) is 10.2. The van der Waals surface area contributed by atoms with E-state index in [1.54, 1.807) is 0 Å². The lowest BCUT2D eigenvalue weighted by Crippen LogP contribution is -2.61. The summed E-state index contributed by atoms with van der Waals surface area (Å²) in [5.41, 5.74) is 1.46. The Labute approximate surface area is 114 Å². The number of rotatable bonds is 2. The number of ether oxygens (including phenoxy) is 2. The molecule has 1 saturated heterocycles. The smallest absolute Gasteiger partial charge is 0.231 e. The highest BCUT2D eigenvalue weighted by atomic mass is 16.7. The molecule has 1 aromatic carbocycles. The van der Waals surface area contributed by atoms with Crippen molar-refractivity contribution in [1.29, 1.82) is 0 Å². The average Bonchev–Trinajstić information content (AvgIpc) is 2.81. The molecule has 1 aromatic rings. The van der Waals surface area contributed by atoms with E-state index in [4.69, 9.17) is 9.47 Å². The normalized spacial score (nSPS) is 25.5. The molecule has 0 spiro atoms. The topological polar surface area (TPSA) is 33.7 Å². The van der Waals surface area contributed by atoms with Crippen LogP contribution < -0.4 is 14.8 Å². The summed E-state index contributed by atoms with van der Waals surface area (Å²) in [6, 6.07) is 6.79. The Morgan fingerprint density at radius 3 is 2.89 bits per heavy atom. The highest BCUT2D eigenvalue weighted by Crippen LogP contribution is 2.33. The Morgan fingerprint density at radius 1 is 1.32 bits per heavy atom. The van der Waals surface area contributed by atoms with Gasteiger partial charge < -0.3 is 14.8 Å². The van der Waals surface area contributed by atoms with Crippen LogP contribution in [0.2, 0.25) is 0 Å². The first-order chi connectivity index (χ1) is 9.06. The van der Waals surface area contributed by atoms with Crippen molar-refractivity contribution >= 4 is 0 Å². The van der Waals surface area contributed by atoms with Crippen LogP contribution in [-0.2, 0) is 6.54 Å². The maximum Gasteiger partial charge on any atom is 0.231 e. The monoisotopic (exact) mass is 262 g/mol. The summed E-state index contributed by atoms with van der Waals surface area (Å²) in [7, 11) is 0. The molecular weight excluding hydrogens is 240 g/mol. The fourth-order valence-corrected chi connectivity index (χ4v) is 3.00. The average molecular weight is 262 g/mol. The van der Waals surface area contributed by atoms with Crippen molar-refractivity contribution in [2.75, 3.05) is 19.9 Å². The lowest BCUT2D eigenvalue weighted by atomic mass is 9.95. The number of benzene rings is 1. The van der Waals surface area contributed by atoms with Gasteiger partial charge in [-0.1, -0.05) is 6.07 Å². The summed E-state index contributed by atoms with van der Waals surface area (Å²) < 4.78 is 10.8. The van der Waals surface area contributed by atoms with Gasteiger partial charge in [-0.25, -0.2) is 0 Å².